The summed E-state index contributed by atoms with van der Waals surface area (Å²) in [7, 11) is -3.70. The van der Waals surface area contributed by atoms with Crippen molar-refractivity contribution in [1.82, 2.24) is 29.3 Å². The lowest BCUT2D eigenvalue weighted by Gasteiger charge is -2.31. The molecule has 3 aromatic heterocycles. The van der Waals surface area contributed by atoms with Gasteiger partial charge in [0.05, 0.1) is 6.20 Å². The van der Waals surface area contributed by atoms with Gasteiger partial charge in [0.25, 0.3) is 5.89 Å². The lowest BCUT2D eigenvalue weighted by atomic mass is 10.1. The molecule has 0 amide bonds. The van der Waals surface area contributed by atoms with E-state index in [0.29, 0.717) is 31.1 Å². The normalized spacial score (nSPS) is 18.6. The van der Waals surface area contributed by atoms with E-state index in [-0.39, 0.29) is 10.8 Å². The van der Waals surface area contributed by atoms with Crippen LogP contribution in [0.1, 0.15) is 38.1 Å². The van der Waals surface area contributed by atoms with E-state index >= 15 is 0 Å². The van der Waals surface area contributed by atoms with Crippen molar-refractivity contribution in [2.24, 2.45) is 0 Å². The number of piperidine rings is 1. The van der Waals surface area contributed by atoms with Crippen LogP contribution in [0.5, 0.6) is 0 Å². The smallest absolute Gasteiger partial charge is 0.266 e. The second kappa shape index (κ2) is 7.20. The van der Waals surface area contributed by atoms with Gasteiger partial charge >= 0.3 is 0 Å². The third-order valence-electron chi connectivity index (χ3n) is 4.60. The van der Waals surface area contributed by atoms with Gasteiger partial charge in [0.15, 0.2) is 0 Å². The second-order valence-corrected chi connectivity index (χ2v) is 8.21. The van der Waals surface area contributed by atoms with Crippen LogP contribution >= 0.6 is 0 Å². The molecule has 0 aliphatic carbocycles. The van der Waals surface area contributed by atoms with Crippen LogP contribution < -0.4 is 0 Å². The quantitative estimate of drug-likeness (QED) is 0.660. The zero-order valence-corrected chi connectivity index (χ0v) is 15.7. The minimum atomic E-state index is -3.70. The van der Waals surface area contributed by atoms with Crippen LogP contribution in [0, 0.1) is 0 Å². The summed E-state index contributed by atoms with van der Waals surface area (Å²) < 4.78 is 35.1. The highest BCUT2D eigenvalue weighted by atomic mass is 32.2. The van der Waals surface area contributed by atoms with E-state index < -0.39 is 16.1 Å². The summed E-state index contributed by atoms with van der Waals surface area (Å²) in [6.45, 7) is 2.92. The van der Waals surface area contributed by atoms with Crippen LogP contribution in [-0.4, -0.2) is 44.2 Å². The van der Waals surface area contributed by atoms with Gasteiger partial charge in [0.1, 0.15) is 16.6 Å². The highest BCUT2D eigenvalue weighted by molar-refractivity contribution is 7.89. The number of hydrogen-bond donors (Lipinski definition) is 0. The first kappa shape index (κ1) is 17.8. The molecule has 0 saturated carbocycles. The molecule has 4 rings (SSSR count). The Morgan fingerprint density at radius 3 is 2.89 bits per heavy atom. The van der Waals surface area contributed by atoms with Gasteiger partial charge in [-0.2, -0.15) is 9.40 Å². The number of aryl methyl sites for hydroxylation is 1. The maximum Gasteiger partial charge on any atom is 0.266 e. The van der Waals surface area contributed by atoms with Crippen LogP contribution in [0.2, 0.25) is 0 Å². The molecule has 142 valence electrons. The van der Waals surface area contributed by atoms with E-state index in [0.717, 1.165) is 12.8 Å². The monoisotopic (exact) mass is 388 g/mol. The molecule has 1 unspecified atom stereocenters. The van der Waals surface area contributed by atoms with Crippen molar-refractivity contribution in [3.63, 3.8) is 0 Å². The average molecular weight is 388 g/mol. The number of pyridine rings is 1. The summed E-state index contributed by atoms with van der Waals surface area (Å²) >= 11 is 0. The van der Waals surface area contributed by atoms with Crippen LogP contribution in [0.3, 0.4) is 0 Å². The summed E-state index contributed by atoms with van der Waals surface area (Å²) in [6.07, 6.45) is 6.89. The molecule has 10 heteroatoms. The highest BCUT2D eigenvalue weighted by Crippen LogP contribution is 2.35. The van der Waals surface area contributed by atoms with Gasteiger partial charge < -0.3 is 4.42 Å². The van der Waals surface area contributed by atoms with Crippen molar-refractivity contribution >= 4 is 10.0 Å². The molecule has 0 spiro atoms. The van der Waals surface area contributed by atoms with E-state index in [1.54, 1.807) is 29.2 Å². The fourth-order valence-electron chi connectivity index (χ4n) is 3.19. The van der Waals surface area contributed by atoms with Crippen molar-refractivity contribution in [3.8, 4) is 11.6 Å². The topological polar surface area (TPSA) is 107 Å². The zero-order chi connectivity index (χ0) is 18.9. The lowest BCUT2D eigenvalue weighted by Crippen LogP contribution is -2.38. The molecule has 1 atom stereocenters. The van der Waals surface area contributed by atoms with E-state index in [1.165, 1.54) is 10.5 Å². The Hall–Kier alpha value is -2.59. The standard InChI is InChI=1S/C17H20N6O3S/c1-2-22-12-13(11-19-22)27(24,25)23-10-6-4-8-15(23)17-21-20-16(26-17)14-7-3-5-9-18-14/h3,5,7,9,11-12,15H,2,4,6,8,10H2,1H3. The third kappa shape index (κ3) is 3.37. The van der Waals surface area contributed by atoms with Gasteiger partial charge in [-0.15, -0.1) is 10.2 Å². The minimum absolute atomic E-state index is 0.181. The Kier molecular flexibility index (Phi) is 4.75. The van der Waals surface area contributed by atoms with Gasteiger partial charge in [-0.1, -0.05) is 12.5 Å². The molecular formula is C17H20N6O3S. The molecule has 9 nitrogen and oxygen atoms in total. The third-order valence-corrected chi connectivity index (χ3v) is 6.46. The first-order valence-electron chi connectivity index (χ1n) is 8.88. The van der Waals surface area contributed by atoms with E-state index in [1.807, 2.05) is 13.0 Å². The molecule has 1 saturated heterocycles. The summed E-state index contributed by atoms with van der Waals surface area (Å²) in [5.41, 5.74) is 0.561. The maximum absolute atomic E-state index is 13.1. The number of aromatic nitrogens is 5. The number of nitrogens with zero attached hydrogens (tertiary/aromatic N) is 6. The average Bonchev–Trinajstić information content (AvgIpc) is 3.39. The van der Waals surface area contributed by atoms with Gasteiger partial charge in [-0.3, -0.25) is 9.67 Å². The summed E-state index contributed by atoms with van der Waals surface area (Å²) in [6, 6.07) is 4.91. The molecule has 0 aromatic carbocycles. The van der Waals surface area contributed by atoms with Gasteiger partial charge in [-0.05, 0) is 31.9 Å². The van der Waals surface area contributed by atoms with Crippen LogP contribution in [0.4, 0.5) is 0 Å². The molecule has 1 aliphatic heterocycles. The molecule has 1 fully saturated rings. The molecule has 0 N–H and O–H groups in total. The number of rotatable bonds is 5. The van der Waals surface area contributed by atoms with Gasteiger partial charge in [0.2, 0.25) is 15.9 Å². The molecule has 0 bridgehead atoms. The Morgan fingerprint density at radius 1 is 1.26 bits per heavy atom. The molecule has 4 heterocycles. The van der Waals surface area contributed by atoms with Gasteiger partial charge in [0, 0.05) is 25.5 Å². The molecule has 27 heavy (non-hydrogen) atoms. The number of hydrogen-bond acceptors (Lipinski definition) is 7. The predicted molar refractivity (Wildman–Crippen MR) is 95.9 cm³/mol. The number of sulfonamides is 1. The Bertz CT molecular complexity index is 1010. The summed E-state index contributed by atoms with van der Waals surface area (Å²) in [5.74, 6) is 0.578. The van der Waals surface area contributed by atoms with Crippen molar-refractivity contribution < 1.29 is 12.8 Å². The van der Waals surface area contributed by atoms with E-state index in [2.05, 4.69) is 20.3 Å². The van der Waals surface area contributed by atoms with E-state index in [4.69, 9.17) is 4.42 Å². The molecule has 0 radical (unpaired) electrons. The summed E-state index contributed by atoms with van der Waals surface area (Å²) in [4.78, 5) is 4.38. The van der Waals surface area contributed by atoms with Crippen molar-refractivity contribution in [2.75, 3.05) is 6.54 Å². The summed E-state index contributed by atoms with van der Waals surface area (Å²) in [5, 5.41) is 12.3. The van der Waals surface area contributed by atoms with Crippen LogP contribution in [0.25, 0.3) is 11.6 Å². The SMILES string of the molecule is CCn1cc(S(=O)(=O)N2CCCCC2c2nnc(-c3ccccn3)o2)cn1. The fraction of sp³-hybridized carbons (Fsp3) is 0.412. The van der Waals surface area contributed by atoms with Crippen LogP contribution in [0.15, 0.2) is 46.1 Å². The molecule has 1 aliphatic rings. The fourth-order valence-corrected chi connectivity index (χ4v) is 4.79. The lowest BCUT2D eigenvalue weighted by molar-refractivity contribution is 0.220. The van der Waals surface area contributed by atoms with E-state index in [9.17, 15) is 8.42 Å². The largest absolute Gasteiger partial charge is 0.417 e. The molecular weight excluding hydrogens is 368 g/mol. The van der Waals surface area contributed by atoms with Gasteiger partial charge in [-0.25, -0.2) is 8.42 Å². The van der Waals surface area contributed by atoms with Crippen molar-refractivity contribution in [2.45, 2.75) is 43.7 Å². The Morgan fingerprint density at radius 2 is 2.15 bits per heavy atom. The highest BCUT2D eigenvalue weighted by Gasteiger charge is 2.38. The minimum Gasteiger partial charge on any atom is -0.417 e. The first-order valence-corrected chi connectivity index (χ1v) is 10.3. The maximum atomic E-state index is 13.1. The Labute approximate surface area is 157 Å². The van der Waals surface area contributed by atoms with Crippen LogP contribution in [-0.2, 0) is 16.6 Å². The predicted octanol–water partition coefficient (Wildman–Crippen LogP) is 2.26. The first-order chi connectivity index (χ1) is 13.1. The van der Waals surface area contributed by atoms with Crippen molar-refractivity contribution in [3.05, 3.63) is 42.7 Å². The zero-order valence-electron chi connectivity index (χ0n) is 14.9. The van der Waals surface area contributed by atoms with Crippen molar-refractivity contribution in [1.29, 1.82) is 0 Å². The Balaban J connectivity index is 1.66. The second-order valence-electron chi connectivity index (χ2n) is 6.32. The molecule has 3 aromatic rings.